The molecule has 0 saturated carbocycles. The summed E-state index contributed by atoms with van der Waals surface area (Å²) >= 11 is 0. The average molecular weight is 401 g/mol. The number of amides is 1. The lowest BCUT2D eigenvalue weighted by Crippen LogP contribution is -2.41. The molecular formula is C23H19N3O4. The van der Waals surface area contributed by atoms with Crippen molar-refractivity contribution in [2.45, 2.75) is 6.04 Å². The van der Waals surface area contributed by atoms with Gasteiger partial charge in [-0.2, -0.15) is 0 Å². The number of fused-ring (bicyclic) bond motifs is 1. The van der Waals surface area contributed by atoms with Crippen LogP contribution in [0.3, 0.4) is 0 Å². The first kappa shape index (κ1) is 19.5. The quantitative estimate of drug-likeness (QED) is 0.356. The van der Waals surface area contributed by atoms with E-state index in [1.807, 2.05) is 72.6 Å². The second-order valence-corrected chi connectivity index (χ2v) is 7.14. The van der Waals surface area contributed by atoms with Crippen molar-refractivity contribution in [2.24, 2.45) is 0 Å². The molecule has 1 heterocycles. The van der Waals surface area contributed by atoms with Crippen LogP contribution in [0.5, 0.6) is 0 Å². The fraction of sp³-hybridized carbons (Fsp3) is 0.130. The molecule has 7 heteroatoms. The van der Waals surface area contributed by atoms with Gasteiger partial charge in [-0.15, -0.1) is 0 Å². The molecule has 0 aliphatic carbocycles. The monoisotopic (exact) mass is 401 g/mol. The SMILES string of the molecule is CN(CN1C(=O)C(=O)c2cc([N+](=O)[O-])ccc21)C(c1ccccc1)c1ccccc1. The number of non-ortho nitro benzene ring substituents is 1. The maximum absolute atomic E-state index is 12.7. The number of hydrogen-bond acceptors (Lipinski definition) is 5. The van der Waals surface area contributed by atoms with Crippen molar-refractivity contribution in [2.75, 3.05) is 18.6 Å². The Hall–Kier alpha value is -3.84. The Balaban J connectivity index is 1.68. The molecule has 150 valence electrons. The summed E-state index contributed by atoms with van der Waals surface area (Å²) in [6.45, 7) is 0.157. The Kier molecular flexibility index (Phi) is 5.12. The molecule has 0 spiro atoms. The first-order valence-electron chi connectivity index (χ1n) is 9.42. The molecule has 0 atom stereocenters. The largest absolute Gasteiger partial charge is 0.300 e. The van der Waals surface area contributed by atoms with E-state index in [4.69, 9.17) is 0 Å². The van der Waals surface area contributed by atoms with Crippen molar-refractivity contribution in [3.63, 3.8) is 0 Å². The summed E-state index contributed by atoms with van der Waals surface area (Å²) in [5.74, 6) is -1.41. The van der Waals surface area contributed by atoms with E-state index >= 15 is 0 Å². The third-order valence-electron chi connectivity index (χ3n) is 5.20. The molecule has 1 aliphatic rings. The minimum Gasteiger partial charge on any atom is -0.291 e. The first-order valence-corrected chi connectivity index (χ1v) is 9.42. The number of ketones is 1. The number of nitro benzene ring substituents is 1. The summed E-state index contributed by atoms with van der Waals surface area (Å²) in [5, 5.41) is 11.0. The van der Waals surface area contributed by atoms with Gasteiger partial charge >= 0.3 is 5.91 Å². The van der Waals surface area contributed by atoms with Crippen LogP contribution in [-0.2, 0) is 4.79 Å². The third-order valence-corrected chi connectivity index (χ3v) is 5.20. The maximum atomic E-state index is 12.7. The van der Waals surface area contributed by atoms with Crippen molar-refractivity contribution in [3.8, 4) is 0 Å². The van der Waals surface area contributed by atoms with Crippen LogP contribution >= 0.6 is 0 Å². The maximum Gasteiger partial charge on any atom is 0.300 e. The van der Waals surface area contributed by atoms with Gasteiger partial charge in [0.1, 0.15) is 0 Å². The van der Waals surface area contributed by atoms with E-state index in [9.17, 15) is 19.7 Å². The number of benzene rings is 3. The lowest BCUT2D eigenvalue weighted by molar-refractivity contribution is -0.384. The van der Waals surface area contributed by atoms with E-state index in [2.05, 4.69) is 0 Å². The standard InChI is InChI=1S/C23H19N3O4/c1-24(21(16-8-4-2-5-9-16)17-10-6-3-7-11-17)15-25-20-13-12-18(26(29)30)14-19(20)22(27)23(25)28/h2-14,21H,15H2,1H3. The smallest absolute Gasteiger partial charge is 0.291 e. The van der Waals surface area contributed by atoms with Gasteiger partial charge in [0.25, 0.3) is 11.5 Å². The minimum atomic E-state index is -0.724. The molecule has 0 unspecified atom stereocenters. The molecule has 3 aromatic carbocycles. The zero-order valence-corrected chi connectivity index (χ0v) is 16.3. The molecule has 4 rings (SSSR count). The molecule has 0 saturated heterocycles. The lowest BCUT2D eigenvalue weighted by atomic mass is 9.98. The van der Waals surface area contributed by atoms with Crippen LogP contribution in [0.15, 0.2) is 78.9 Å². The van der Waals surface area contributed by atoms with Gasteiger partial charge in [-0.05, 0) is 24.2 Å². The summed E-state index contributed by atoms with van der Waals surface area (Å²) < 4.78 is 0. The predicted octanol–water partition coefficient (Wildman–Crippen LogP) is 3.80. The highest BCUT2D eigenvalue weighted by atomic mass is 16.6. The third kappa shape index (κ3) is 3.46. The Bertz CT molecular complexity index is 1080. The summed E-state index contributed by atoms with van der Waals surface area (Å²) in [6, 6.07) is 23.6. The highest BCUT2D eigenvalue weighted by Crippen LogP contribution is 2.34. The highest BCUT2D eigenvalue weighted by Gasteiger charge is 2.38. The van der Waals surface area contributed by atoms with E-state index < -0.39 is 16.6 Å². The molecule has 0 fully saturated rings. The lowest BCUT2D eigenvalue weighted by Gasteiger charge is -2.32. The van der Waals surface area contributed by atoms with Crippen molar-refractivity contribution in [1.29, 1.82) is 0 Å². The van der Waals surface area contributed by atoms with Gasteiger partial charge in [-0.25, -0.2) is 0 Å². The number of Topliss-reactive ketones (excluding diaryl/α,β-unsaturated/α-hetero) is 1. The van der Waals surface area contributed by atoms with E-state index in [1.165, 1.54) is 23.1 Å². The van der Waals surface area contributed by atoms with E-state index in [1.54, 1.807) is 0 Å². The van der Waals surface area contributed by atoms with Crippen LogP contribution in [0.25, 0.3) is 0 Å². The summed E-state index contributed by atoms with van der Waals surface area (Å²) in [5.41, 5.74) is 2.35. The van der Waals surface area contributed by atoms with Gasteiger partial charge in [0.15, 0.2) is 0 Å². The molecule has 1 amide bonds. The number of rotatable bonds is 6. The fourth-order valence-electron chi connectivity index (χ4n) is 3.82. The van der Waals surface area contributed by atoms with Crippen molar-refractivity contribution in [3.05, 3.63) is 106 Å². The molecule has 0 radical (unpaired) electrons. The molecule has 30 heavy (non-hydrogen) atoms. The van der Waals surface area contributed by atoms with Gasteiger partial charge in [-0.1, -0.05) is 60.7 Å². The van der Waals surface area contributed by atoms with Crippen LogP contribution in [0.4, 0.5) is 11.4 Å². The van der Waals surface area contributed by atoms with Crippen LogP contribution in [0, 0.1) is 10.1 Å². The summed E-state index contributed by atoms with van der Waals surface area (Å²) in [4.78, 5) is 38.9. The van der Waals surface area contributed by atoms with Crippen molar-refractivity contribution < 1.29 is 14.5 Å². The second kappa shape index (κ2) is 7.88. The molecule has 0 N–H and O–H groups in total. The molecule has 7 nitrogen and oxygen atoms in total. The molecular weight excluding hydrogens is 382 g/mol. The topological polar surface area (TPSA) is 83.8 Å². The van der Waals surface area contributed by atoms with Gasteiger partial charge in [0.05, 0.1) is 28.9 Å². The normalized spacial score (nSPS) is 13.2. The Morgan fingerprint density at radius 1 is 0.933 bits per heavy atom. The summed E-state index contributed by atoms with van der Waals surface area (Å²) in [7, 11) is 1.88. The minimum absolute atomic E-state index is 0.0681. The van der Waals surface area contributed by atoms with Crippen LogP contribution in [0.1, 0.15) is 27.5 Å². The highest BCUT2D eigenvalue weighted by molar-refractivity contribution is 6.52. The number of hydrogen-bond donors (Lipinski definition) is 0. The second-order valence-electron chi connectivity index (χ2n) is 7.14. The number of anilines is 1. The first-order chi connectivity index (χ1) is 14.5. The van der Waals surface area contributed by atoms with Gasteiger partial charge in [0.2, 0.25) is 0 Å². The molecule has 0 aromatic heterocycles. The number of nitrogens with zero attached hydrogens (tertiary/aromatic N) is 3. The predicted molar refractivity (Wildman–Crippen MR) is 112 cm³/mol. The number of carbonyl (C=O) groups excluding carboxylic acids is 2. The van der Waals surface area contributed by atoms with E-state index in [0.29, 0.717) is 5.69 Å². The van der Waals surface area contributed by atoms with Crippen molar-refractivity contribution in [1.82, 2.24) is 4.90 Å². The fourth-order valence-corrected chi connectivity index (χ4v) is 3.82. The van der Waals surface area contributed by atoms with E-state index in [-0.39, 0.29) is 24.0 Å². The number of carbonyl (C=O) groups is 2. The van der Waals surface area contributed by atoms with Crippen molar-refractivity contribution >= 4 is 23.1 Å². The van der Waals surface area contributed by atoms with Crippen LogP contribution < -0.4 is 4.90 Å². The molecule has 1 aliphatic heterocycles. The Morgan fingerprint density at radius 2 is 1.50 bits per heavy atom. The van der Waals surface area contributed by atoms with Crippen LogP contribution in [-0.4, -0.2) is 35.2 Å². The van der Waals surface area contributed by atoms with Gasteiger partial charge in [-0.3, -0.25) is 29.5 Å². The molecule has 0 bridgehead atoms. The van der Waals surface area contributed by atoms with Crippen LogP contribution in [0.2, 0.25) is 0 Å². The molecule has 3 aromatic rings. The number of nitro groups is 1. The Labute approximate surface area is 173 Å². The van der Waals surface area contributed by atoms with Gasteiger partial charge in [0, 0.05) is 12.1 Å². The zero-order valence-electron chi connectivity index (χ0n) is 16.3. The summed E-state index contributed by atoms with van der Waals surface area (Å²) in [6.07, 6.45) is 0. The zero-order chi connectivity index (χ0) is 21.3. The average Bonchev–Trinajstić information content (AvgIpc) is 3.00. The Morgan fingerprint density at radius 3 is 2.03 bits per heavy atom. The van der Waals surface area contributed by atoms with E-state index in [0.717, 1.165) is 11.1 Å². The van der Waals surface area contributed by atoms with Gasteiger partial charge < -0.3 is 0 Å².